The molecule has 0 bridgehead atoms. The smallest absolute Gasteiger partial charge is 0.256 e. The third-order valence-corrected chi connectivity index (χ3v) is 4.33. The lowest BCUT2D eigenvalue weighted by molar-refractivity contribution is 0.102. The van der Waals surface area contributed by atoms with Crippen molar-refractivity contribution in [3.8, 4) is 5.75 Å². The van der Waals surface area contributed by atoms with E-state index in [-0.39, 0.29) is 5.91 Å². The maximum atomic E-state index is 12.3. The van der Waals surface area contributed by atoms with Gasteiger partial charge in [0.25, 0.3) is 5.91 Å². The van der Waals surface area contributed by atoms with Crippen LogP contribution in [0.3, 0.4) is 0 Å². The van der Waals surface area contributed by atoms with Crippen molar-refractivity contribution in [2.24, 2.45) is 0 Å². The third-order valence-electron chi connectivity index (χ3n) is 3.64. The van der Waals surface area contributed by atoms with Gasteiger partial charge in [-0.1, -0.05) is 12.1 Å². The summed E-state index contributed by atoms with van der Waals surface area (Å²) in [6.45, 7) is 0. The standard InChI is InChI=1S/C20H17BrN2O2/c1-25-17-12-10-15(11-13-17)22-14-6-8-16(9-7-14)23-20(24)18-4-2-3-5-19(18)21/h2-13,22H,1H3,(H,23,24). The second-order valence-corrected chi connectivity index (χ2v) is 6.22. The molecule has 0 aliphatic heterocycles. The van der Waals surface area contributed by atoms with Crippen LogP contribution in [-0.4, -0.2) is 13.0 Å². The van der Waals surface area contributed by atoms with Crippen molar-refractivity contribution >= 4 is 38.9 Å². The Morgan fingerprint density at radius 3 is 2.00 bits per heavy atom. The van der Waals surface area contributed by atoms with Crippen molar-refractivity contribution in [2.75, 3.05) is 17.7 Å². The number of nitrogens with one attached hydrogen (secondary N) is 2. The number of hydrogen-bond donors (Lipinski definition) is 2. The minimum Gasteiger partial charge on any atom is -0.497 e. The van der Waals surface area contributed by atoms with Crippen LogP contribution >= 0.6 is 15.9 Å². The van der Waals surface area contributed by atoms with Crippen molar-refractivity contribution in [3.63, 3.8) is 0 Å². The number of methoxy groups -OCH3 is 1. The summed E-state index contributed by atoms with van der Waals surface area (Å²) >= 11 is 3.39. The fourth-order valence-corrected chi connectivity index (χ4v) is 2.79. The van der Waals surface area contributed by atoms with Crippen molar-refractivity contribution in [2.45, 2.75) is 0 Å². The average molecular weight is 397 g/mol. The van der Waals surface area contributed by atoms with Crippen LogP contribution in [0, 0.1) is 0 Å². The van der Waals surface area contributed by atoms with Crippen molar-refractivity contribution in [1.29, 1.82) is 0 Å². The predicted molar refractivity (Wildman–Crippen MR) is 105 cm³/mol. The molecule has 3 rings (SSSR count). The highest BCUT2D eigenvalue weighted by molar-refractivity contribution is 9.10. The molecule has 3 aromatic rings. The minimum absolute atomic E-state index is 0.150. The van der Waals surface area contributed by atoms with Crippen LogP contribution in [0.25, 0.3) is 0 Å². The minimum atomic E-state index is -0.150. The van der Waals surface area contributed by atoms with E-state index in [1.54, 1.807) is 13.2 Å². The Kier molecular flexibility index (Phi) is 5.36. The lowest BCUT2D eigenvalue weighted by Gasteiger charge is -2.10. The van der Waals surface area contributed by atoms with Crippen LogP contribution in [-0.2, 0) is 0 Å². The monoisotopic (exact) mass is 396 g/mol. The topological polar surface area (TPSA) is 50.4 Å². The SMILES string of the molecule is COc1ccc(Nc2ccc(NC(=O)c3ccccc3Br)cc2)cc1. The Morgan fingerprint density at radius 1 is 0.840 bits per heavy atom. The number of halogens is 1. The van der Waals surface area contributed by atoms with Gasteiger partial charge in [0, 0.05) is 21.5 Å². The van der Waals surface area contributed by atoms with Gasteiger partial charge in [-0.15, -0.1) is 0 Å². The summed E-state index contributed by atoms with van der Waals surface area (Å²) in [7, 11) is 1.64. The highest BCUT2D eigenvalue weighted by Gasteiger charge is 2.09. The lowest BCUT2D eigenvalue weighted by Crippen LogP contribution is -2.12. The number of anilines is 3. The Bertz CT molecular complexity index is 862. The molecule has 3 aromatic carbocycles. The van der Waals surface area contributed by atoms with E-state index >= 15 is 0 Å². The molecule has 0 saturated heterocycles. The molecule has 0 heterocycles. The Labute approximate surface area is 155 Å². The quantitative estimate of drug-likeness (QED) is 0.602. The van der Waals surface area contributed by atoms with E-state index < -0.39 is 0 Å². The molecule has 0 aromatic heterocycles. The first-order valence-electron chi connectivity index (χ1n) is 7.73. The maximum Gasteiger partial charge on any atom is 0.256 e. The molecule has 126 valence electrons. The zero-order chi connectivity index (χ0) is 17.6. The molecule has 1 amide bonds. The highest BCUT2D eigenvalue weighted by Crippen LogP contribution is 2.22. The van der Waals surface area contributed by atoms with Gasteiger partial charge in [-0.2, -0.15) is 0 Å². The molecule has 4 nitrogen and oxygen atoms in total. The first kappa shape index (κ1) is 17.0. The van der Waals surface area contributed by atoms with Gasteiger partial charge in [-0.25, -0.2) is 0 Å². The molecule has 5 heteroatoms. The van der Waals surface area contributed by atoms with E-state index in [1.165, 1.54) is 0 Å². The molecule has 0 atom stereocenters. The number of hydrogen-bond acceptors (Lipinski definition) is 3. The van der Waals surface area contributed by atoms with Gasteiger partial charge in [-0.05, 0) is 76.6 Å². The maximum absolute atomic E-state index is 12.3. The van der Waals surface area contributed by atoms with Crippen LogP contribution in [0.5, 0.6) is 5.75 Å². The lowest BCUT2D eigenvalue weighted by atomic mass is 10.2. The molecule has 0 spiro atoms. The van der Waals surface area contributed by atoms with Crippen LogP contribution in [0.2, 0.25) is 0 Å². The van der Waals surface area contributed by atoms with Gasteiger partial charge in [0.1, 0.15) is 5.75 Å². The molecule has 25 heavy (non-hydrogen) atoms. The normalized spacial score (nSPS) is 10.2. The Balaban J connectivity index is 1.65. The van der Waals surface area contributed by atoms with E-state index in [4.69, 9.17) is 4.74 Å². The first-order valence-corrected chi connectivity index (χ1v) is 8.52. The summed E-state index contributed by atoms with van der Waals surface area (Å²) in [6, 6.07) is 22.6. The fraction of sp³-hybridized carbons (Fsp3) is 0.0500. The van der Waals surface area contributed by atoms with Gasteiger partial charge < -0.3 is 15.4 Å². The van der Waals surface area contributed by atoms with Gasteiger partial charge in [0.2, 0.25) is 0 Å². The van der Waals surface area contributed by atoms with Gasteiger partial charge in [-0.3, -0.25) is 4.79 Å². The summed E-state index contributed by atoms with van der Waals surface area (Å²) in [5, 5.41) is 6.19. The van der Waals surface area contributed by atoms with Crippen LogP contribution < -0.4 is 15.4 Å². The zero-order valence-corrected chi connectivity index (χ0v) is 15.2. The molecule has 0 aliphatic rings. The number of amides is 1. The summed E-state index contributed by atoms with van der Waals surface area (Å²) in [5.74, 6) is 0.666. The Hall–Kier alpha value is -2.79. The third kappa shape index (κ3) is 4.39. The van der Waals surface area contributed by atoms with E-state index in [9.17, 15) is 4.79 Å². The average Bonchev–Trinajstić information content (AvgIpc) is 2.64. The van der Waals surface area contributed by atoms with Gasteiger partial charge in [0.05, 0.1) is 12.7 Å². The van der Waals surface area contributed by atoms with E-state index in [2.05, 4.69) is 26.6 Å². The van der Waals surface area contributed by atoms with Gasteiger partial charge >= 0.3 is 0 Å². The zero-order valence-electron chi connectivity index (χ0n) is 13.6. The molecule has 0 aliphatic carbocycles. The van der Waals surface area contributed by atoms with Crippen LogP contribution in [0.15, 0.2) is 77.3 Å². The summed E-state index contributed by atoms with van der Waals surface area (Å²) in [5.41, 5.74) is 3.24. The summed E-state index contributed by atoms with van der Waals surface area (Å²) < 4.78 is 5.91. The number of carbonyl (C=O) groups is 1. The molecular weight excluding hydrogens is 380 g/mol. The van der Waals surface area contributed by atoms with Gasteiger partial charge in [0.15, 0.2) is 0 Å². The molecule has 2 N–H and O–H groups in total. The first-order chi connectivity index (χ1) is 12.2. The second kappa shape index (κ2) is 7.85. The van der Waals surface area contributed by atoms with Crippen LogP contribution in [0.4, 0.5) is 17.1 Å². The molecule has 0 saturated carbocycles. The van der Waals surface area contributed by atoms with E-state index in [0.29, 0.717) is 5.56 Å². The predicted octanol–water partition coefficient (Wildman–Crippen LogP) is 5.45. The fourth-order valence-electron chi connectivity index (χ4n) is 2.32. The number of carbonyl (C=O) groups excluding carboxylic acids is 1. The number of rotatable bonds is 5. The summed E-state index contributed by atoms with van der Waals surface area (Å²) in [6.07, 6.45) is 0. The van der Waals surface area contributed by atoms with Crippen LogP contribution in [0.1, 0.15) is 10.4 Å². The van der Waals surface area contributed by atoms with Crippen molar-refractivity contribution in [1.82, 2.24) is 0 Å². The van der Waals surface area contributed by atoms with E-state index in [1.807, 2.05) is 66.7 Å². The molecule has 0 fully saturated rings. The molecule has 0 unspecified atom stereocenters. The van der Waals surface area contributed by atoms with Crippen molar-refractivity contribution < 1.29 is 9.53 Å². The summed E-state index contributed by atoms with van der Waals surface area (Å²) in [4.78, 5) is 12.3. The second-order valence-electron chi connectivity index (χ2n) is 5.36. The van der Waals surface area contributed by atoms with E-state index in [0.717, 1.165) is 27.3 Å². The number of benzene rings is 3. The molecular formula is C20H17BrN2O2. The number of ether oxygens (including phenoxy) is 1. The van der Waals surface area contributed by atoms with Crippen molar-refractivity contribution in [3.05, 3.63) is 82.8 Å². The highest BCUT2D eigenvalue weighted by atomic mass is 79.9. The Morgan fingerprint density at radius 2 is 1.40 bits per heavy atom. The largest absolute Gasteiger partial charge is 0.497 e. The molecule has 0 radical (unpaired) electrons.